The largest absolute Gasteiger partial charge is 0.372 e. The van der Waals surface area contributed by atoms with E-state index in [9.17, 15) is 9.59 Å². The fraction of sp³-hybridized carbons (Fsp3) is 0.625. The number of morpholine rings is 1. The molecule has 0 aromatic carbocycles. The average molecular weight is 470 g/mol. The van der Waals surface area contributed by atoms with Gasteiger partial charge in [-0.1, -0.05) is 0 Å². The van der Waals surface area contributed by atoms with Gasteiger partial charge in [-0.25, -0.2) is 9.97 Å². The Morgan fingerprint density at radius 2 is 1.62 bits per heavy atom. The molecule has 2 saturated heterocycles. The average Bonchev–Trinajstić information content (AvgIpc) is 3.12. The second-order valence-electron chi connectivity index (χ2n) is 9.63. The van der Waals surface area contributed by atoms with Gasteiger partial charge in [-0.05, 0) is 66.6 Å². The Labute approximate surface area is 200 Å². The first-order valence-corrected chi connectivity index (χ1v) is 12.0. The number of likely N-dealkylation sites (tertiary alicyclic amines) is 1. The summed E-state index contributed by atoms with van der Waals surface area (Å²) in [7, 11) is 0. The lowest BCUT2D eigenvalue weighted by Crippen LogP contribution is -2.51. The van der Waals surface area contributed by atoms with Gasteiger partial charge >= 0.3 is 0 Å². The zero-order chi connectivity index (χ0) is 24.4. The van der Waals surface area contributed by atoms with Crippen molar-refractivity contribution >= 4 is 17.6 Å². The van der Waals surface area contributed by atoms with Gasteiger partial charge in [0.1, 0.15) is 5.82 Å². The number of amides is 2. The molecule has 0 bridgehead atoms. The van der Waals surface area contributed by atoms with Crippen molar-refractivity contribution in [2.24, 2.45) is 5.92 Å². The monoisotopic (exact) mass is 469 g/mol. The van der Waals surface area contributed by atoms with Crippen molar-refractivity contribution in [3.8, 4) is 5.95 Å². The molecule has 2 aliphatic rings. The van der Waals surface area contributed by atoms with Crippen molar-refractivity contribution in [2.45, 2.75) is 59.7 Å². The minimum Gasteiger partial charge on any atom is -0.372 e. The maximum atomic E-state index is 13.0. The van der Waals surface area contributed by atoms with Crippen LogP contribution in [0, 0.1) is 26.7 Å². The normalized spacial score (nSPS) is 22.1. The third kappa shape index (κ3) is 5.79. The predicted molar refractivity (Wildman–Crippen MR) is 128 cm³/mol. The number of anilines is 1. The highest BCUT2D eigenvalue weighted by molar-refractivity contribution is 5.91. The Bertz CT molecular complexity index is 1010. The summed E-state index contributed by atoms with van der Waals surface area (Å²) in [5.41, 5.74) is 2.45. The van der Waals surface area contributed by atoms with Crippen LogP contribution in [0.2, 0.25) is 0 Å². The minimum absolute atomic E-state index is 0.0163. The van der Waals surface area contributed by atoms with Crippen LogP contribution in [0.25, 0.3) is 5.95 Å². The third-order valence-corrected chi connectivity index (χ3v) is 6.29. The molecule has 4 heterocycles. The summed E-state index contributed by atoms with van der Waals surface area (Å²) in [6, 6.07) is 3.71. The Hall–Kier alpha value is -2.85. The molecule has 2 aliphatic heterocycles. The number of piperidine rings is 1. The number of hydrogen-bond acceptors (Lipinski definition) is 7. The van der Waals surface area contributed by atoms with E-state index in [1.165, 1.54) is 0 Å². The highest BCUT2D eigenvalue weighted by atomic mass is 16.5. The molecular weight excluding hydrogens is 434 g/mol. The number of nitrogens with one attached hydrogen (secondary N) is 1. The van der Waals surface area contributed by atoms with Gasteiger partial charge in [0.25, 0.3) is 5.95 Å². The van der Waals surface area contributed by atoms with Crippen LogP contribution in [0.5, 0.6) is 0 Å². The number of carbonyl (C=O) groups excluding carboxylic acids is 2. The van der Waals surface area contributed by atoms with E-state index in [1.807, 2.05) is 51.7 Å². The molecule has 2 atom stereocenters. The number of rotatable bonds is 5. The lowest BCUT2D eigenvalue weighted by atomic mass is 9.94. The fourth-order valence-electron chi connectivity index (χ4n) is 4.88. The van der Waals surface area contributed by atoms with E-state index >= 15 is 0 Å². The van der Waals surface area contributed by atoms with Crippen molar-refractivity contribution in [2.75, 3.05) is 38.0 Å². The van der Waals surface area contributed by atoms with Crippen LogP contribution in [0.15, 0.2) is 12.1 Å². The van der Waals surface area contributed by atoms with E-state index < -0.39 is 0 Å². The summed E-state index contributed by atoms with van der Waals surface area (Å²) < 4.78 is 7.32. The predicted octanol–water partition coefficient (Wildman–Crippen LogP) is 1.87. The van der Waals surface area contributed by atoms with Crippen molar-refractivity contribution < 1.29 is 14.3 Å². The summed E-state index contributed by atoms with van der Waals surface area (Å²) in [4.78, 5) is 38.8. The van der Waals surface area contributed by atoms with Gasteiger partial charge in [0.05, 0.1) is 24.4 Å². The molecule has 34 heavy (non-hydrogen) atoms. The first kappa shape index (κ1) is 24.3. The van der Waals surface area contributed by atoms with Gasteiger partial charge in [0.2, 0.25) is 11.8 Å². The van der Waals surface area contributed by atoms with Crippen LogP contribution < -0.4 is 5.32 Å². The third-order valence-electron chi connectivity index (χ3n) is 6.29. The Kier molecular flexibility index (Phi) is 7.27. The maximum Gasteiger partial charge on any atom is 0.252 e. The number of nitrogens with zero attached hydrogens (tertiary/aromatic N) is 6. The minimum atomic E-state index is -0.119. The van der Waals surface area contributed by atoms with Crippen LogP contribution in [0.4, 0.5) is 5.82 Å². The van der Waals surface area contributed by atoms with E-state index in [0.29, 0.717) is 24.9 Å². The summed E-state index contributed by atoms with van der Waals surface area (Å²) >= 11 is 0. The van der Waals surface area contributed by atoms with Gasteiger partial charge in [0, 0.05) is 36.5 Å². The van der Waals surface area contributed by atoms with Gasteiger partial charge in [-0.3, -0.25) is 14.5 Å². The quantitative estimate of drug-likeness (QED) is 0.713. The molecule has 10 heteroatoms. The van der Waals surface area contributed by atoms with Crippen molar-refractivity contribution in [3.63, 3.8) is 0 Å². The number of aromatic nitrogens is 4. The van der Waals surface area contributed by atoms with E-state index in [1.54, 1.807) is 4.68 Å². The molecule has 2 unspecified atom stereocenters. The standard InChI is InChI=1S/C24H35N7O3/c1-15-10-16(2)26-24(25-15)31-21(11-17(3)28-31)27-22(32)14-29-8-6-20(7-9-29)23(33)30-12-18(4)34-19(5)13-30/h10-11,18-20H,6-9,12-14H2,1-5H3,(H,27,32). The second kappa shape index (κ2) is 10.2. The number of ether oxygens (including phenoxy) is 1. The topological polar surface area (TPSA) is 105 Å². The molecule has 0 saturated carbocycles. The van der Waals surface area contributed by atoms with Gasteiger partial charge in [-0.2, -0.15) is 9.78 Å². The molecule has 0 radical (unpaired) electrons. The number of hydrogen-bond donors (Lipinski definition) is 1. The molecule has 2 aromatic heterocycles. The molecule has 10 nitrogen and oxygen atoms in total. The first-order valence-electron chi connectivity index (χ1n) is 12.0. The Morgan fingerprint density at radius 1 is 1.00 bits per heavy atom. The zero-order valence-electron chi connectivity index (χ0n) is 20.7. The van der Waals surface area contributed by atoms with Crippen molar-refractivity contribution in [1.29, 1.82) is 0 Å². The van der Waals surface area contributed by atoms with E-state index in [2.05, 4.69) is 25.3 Å². The number of aryl methyl sites for hydroxylation is 3. The van der Waals surface area contributed by atoms with Gasteiger partial charge in [0.15, 0.2) is 0 Å². The molecule has 1 N–H and O–H groups in total. The van der Waals surface area contributed by atoms with Crippen LogP contribution in [-0.4, -0.2) is 86.3 Å². The van der Waals surface area contributed by atoms with Crippen LogP contribution >= 0.6 is 0 Å². The SMILES string of the molecule is Cc1cc(C)nc(-n2nc(C)cc2NC(=O)CN2CCC(C(=O)N3CC(C)OC(C)C3)CC2)n1. The van der Waals surface area contributed by atoms with Crippen LogP contribution in [0.1, 0.15) is 43.8 Å². The zero-order valence-corrected chi connectivity index (χ0v) is 20.7. The van der Waals surface area contributed by atoms with Crippen molar-refractivity contribution in [3.05, 3.63) is 29.2 Å². The van der Waals surface area contributed by atoms with Gasteiger partial charge in [-0.15, -0.1) is 0 Å². The van der Waals surface area contributed by atoms with Crippen LogP contribution in [-0.2, 0) is 14.3 Å². The first-order chi connectivity index (χ1) is 16.2. The molecule has 0 aliphatic carbocycles. The maximum absolute atomic E-state index is 13.0. The molecule has 0 spiro atoms. The summed E-state index contributed by atoms with van der Waals surface area (Å²) in [5.74, 6) is 1.10. The van der Waals surface area contributed by atoms with Gasteiger partial charge < -0.3 is 15.0 Å². The summed E-state index contributed by atoms with van der Waals surface area (Å²) in [6.45, 7) is 12.7. The van der Waals surface area contributed by atoms with E-state index in [-0.39, 0.29) is 36.5 Å². The molecule has 4 rings (SSSR count). The lowest BCUT2D eigenvalue weighted by molar-refractivity contribution is -0.148. The van der Waals surface area contributed by atoms with E-state index in [4.69, 9.17) is 4.74 Å². The summed E-state index contributed by atoms with van der Waals surface area (Å²) in [6.07, 6.45) is 1.67. The molecule has 2 aromatic rings. The lowest BCUT2D eigenvalue weighted by Gasteiger charge is -2.39. The molecular formula is C24H35N7O3. The Morgan fingerprint density at radius 3 is 2.24 bits per heavy atom. The summed E-state index contributed by atoms with van der Waals surface area (Å²) in [5, 5.41) is 7.42. The molecule has 2 fully saturated rings. The molecule has 184 valence electrons. The number of carbonyl (C=O) groups is 2. The van der Waals surface area contributed by atoms with Crippen molar-refractivity contribution in [1.82, 2.24) is 29.5 Å². The highest BCUT2D eigenvalue weighted by Crippen LogP contribution is 2.22. The van der Waals surface area contributed by atoms with Crippen LogP contribution in [0.3, 0.4) is 0 Å². The Balaban J connectivity index is 1.32. The fourth-order valence-corrected chi connectivity index (χ4v) is 4.88. The second-order valence-corrected chi connectivity index (χ2v) is 9.63. The molecule has 2 amide bonds. The highest BCUT2D eigenvalue weighted by Gasteiger charge is 2.33. The smallest absolute Gasteiger partial charge is 0.252 e. The van der Waals surface area contributed by atoms with E-state index in [0.717, 1.165) is 43.0 Å².